The highest BCUT2D eigenvalue weighted by Gasteiger charge is 2.31. The van der Waals surface area contributed by atoms with Crippen LogP contribution in [0.2, 0.25) is 0 Å². The molecule has 0 bridgehead atoms. The Balaban J connectivity index is 1.88. The molecular formula is C11H20N2O2. The molecule has 0 spiro atoms. The Morgan fingerprint density at radius 2 is 2.33 bits per heavy atom. The normalized spacial score (nSPS) is 32.9. The lowest BCUT2D eigenvalue weighted by Gasteiger charge is -2.35. The number of piperidine rings is 1. The molecule has 2 aliphatic rings. The van der Waals surface area contributed by atoms with E-state index in [0.29, 0.717) is 6.04 Å². The smallest absolute Gasteiger partial charge is 0.309 e. The zero-order valence-corrected chi connectivity index (χ0v) is 9.37. The Morgan fingerprint density at radius 3 is 3.00 bits per heavy atom. The largest absolute Gasteiger partial charge is 0.469 e. The molecule has 0 saturated carbocycles. The van der Waals surface area contributed by atoms with Crippen LogP contribution in [-0.4, -0.2) is 50.2 Å². The van der Waals surface area contributed by atoms with Gasteiger partial charge in [-0.05, 0) is 32.4 Å². The maximum Gasteiger partial charge on any atom is 0.309 e. The van der Waals surface area contributed by atoms with Crippen LogP contribution in [0.15, 0.2) is 0 Å². The quantitative estimate of drug-likeness (QED) is 0.665. The van der Waals surface area contributed by atoms with Gasteiger partial charge in [0.25, 0.3) is 0 Å². The molecule has 2 heterocycles. The third-order valence-electron chi connectivity index (χ3n) is 3.54. The van der Waals surface area contributed by atoms with Crippen LogP contribution in [-0.2, 0) is 9.53 Å². The van der Waals surface area contributed by atoms with Crippen LogP contribution in [0, 0.1) is 5.92 Å². The lowest BCUT2D eigenvalue weighted by Crippen LogP contribution is -2.45. The molecule has 0 aromatic heterocycles. The summed E-state index contributed by atoms with van der Waals surface area (Å²) in [6, 6.07) is 0.637. The van der Waals surface area contributed by atoms with E-state index in [1.54, 1.807) is 0 Å². The standard InChI is InChI=1S/C11H20N2O2/c1-15-11(14)9-3-2-6-13(8-9)10-4-5-12-7-10/h9-10,12H,2-8H2,1H3/t9-,10+/m0/s1. The Morgan fingerprint density at radius 1 is 1.47 bits per heavy atom. The predicted octanol–water partition coefficient (Wildman–Crippen LogP) is 0.233. The second kappa shape index (κ2) is 4.94. The summed E-state index contributed by atoms with van der Waals surface area (Å²) in [6.07, 6.45) is 3.33. The van der Waals surface area contributed by atoms with E-state index in [1.807, 2.05) is 0 Å². The van der Waals surface area contributed by atoms with E-state index in [0.717, 1.165) is 39.0 Å². The van der Waals surface area contributed by atoms with Crippen LogP contribution in [0.4, 0.5) is 0 Å². The van der Waals surface area contributed by atoms with Crippen molar-refractivity contribution in [1.29, 1.82) is 0 Å². The number of nitrogens with zero attached hydrogens (tertiary/aromatic N) is 1. The van der Waals surface area contributed by atoms with Crippen molar-refractivity contribution >= 4 is 5.97 Å². The van der Waals surface area contributed by atoms with Crippen molar-refractivity contribution in [3.63, 3.8) is 0 Å². The molecule has 86 valence electrons. The van der Waals surface area contributed by atoms with Gasteiger partial charge < -0.3 is 10.1 Å². The van der Waals surface area contributed by atoms with Gasteiger partial charge in [-0.2, -0.15) is 0 Å². The minimum absolute atomic E-state index is 0.0364. The number of hydrogen-bond donors (Lipinski definition) is 1. The number of esters is 1. The van der Waals surface area contributed by atoms with E-state index in [4.69, 9.17) is 4.74 Å². The summed E-state index contributed by atoms with van der Waals surface area (Å²) in [6.45, 7) is 4.22. The first kappa shape index (κ1) is 10.9. The monoisotopic (exact) mass is 212 g/mol. The minimum atomic E-state index is -0.0364. The van der Waals surface area contributed by atoms with Gasteiger partial charge in [0.2, 0.25) is 0 Å². The Kier molecular flexibility index (Phi) is 3.59. The molecule has 0 amide bonds. The van der Waals surface area contributed by atoms with E-state index in [9.17, 15) is 4.79 Å². The highest BCUT2D eigenvalue weighted by Crippen LogP contribution is 2.21. The predicted molar refractivity (Wildman–Crippen MR) is 57.6 cm³/mol. The molecule has 2 saturated heterocycles. The fourth-order valence-electron chi connectivity index (χ4n) is 2.65. The Hall–Kier alpha value is -0.610. The number of ether oxygens (including phenoxy) is 1. The average Bonchev–Trinajstić information content (AvgIpc) is 2.82. The SMILES string of the molecule is COC(=O)[C@H]1CCCN([C@@H]2CCNC2)C1. The fraction of sp³-hybridized carbons (Fsp3) is 0.909. The van der Waals surface area contributed by atoms with Gasteiger partial charge in [0.1, 0.15) is 0 Å². The van der Waals surface area contributed by atoms with Gasteiger partial charge in [-0.3, -0.25) is 9.69 Å². The Bertz CT molecular complexity index is 227. The van der Waals surface area contributed by atoms with Gasteiger partial charge >= 0.3 is 5.97 Å². The molecule has 4 nitrogen and oxygen atoms in total. The molecule has 2 atom stereocenters. The fourth-order valence-corrected chi connectivity index (χ4v) is 2.65. The molecule has 2 rings (SSSR count). The highest BCUT2D eigenvalue weighted by molar-refractivity contribution is 5.72. The molecular weight excluding hydrogens is 192 g/mol. The number of carbonyl (C=O) groups excluding carboxylic acids is 1. The van der Waals surface area contributed by atoms with Crippen molar-refractivity contribution in [2.75, 3.05) is 33.3 Å². The molecule has 0 aromatic rings. The number of carbonyl (C=O) groups is 1. The van der Waals surface area contributed by atoms with E-state index in [2.05, 4.69) is 10.2 Å². The second-order valence-electron chi connectivity index (χ2n) is 4.50. The van der Waals surface area contributed by atoms with Crippen LogP contribution in [0.25, 0.3) is 0 Å². The van der Waals surface area contributed by atoms with Crippen LogP contribution in [0.1, 0.15) is 19.3 Å². The molecule has 0 aliphatic carbocycles. The lowest BCUT2D eigenvalue weighted by molar-refractivity contribution is -0.147. The third kappa shape index (κ3) is 2.49. The van der Waals surface area contributed by atoms with Crippen LogP contribution >= 0.6 is 0 Å². The van der Waals surface area contributed by atoms with Gasteiger partial charge in [-0.1, -0.05) is 0 Å². The molecule has 0 unspecified atom stereocenters. The molecule has 15 heavy (non-hydrogen) atoms. The maximum absolute atomic E-state index is 11.5. The number of nitrogens with one attached hydrogen (secondary N) is 1. The van der Waals surface area contributed by atoms with Gasteiger partial charge in [0, 0.05) is 19.1 Å². The lowest BCUT2D eigenvalue weighted by atomic mass is 9.96. The van der Waals surface area contributed by atoms with Crippen molar-refractivity contribution in [3.8, 4) is 0 Å². The zero-order chi connectivity index (χ0) is 10.7. The summed E-state index contributed by atoms with van der Waals surface area (Å²) in [5.74, 6) is 0.0648. The van der Waals surface area contributed by atoms with Gasteiger partial charge in [0.15, 0.2) is 0 Å². The van der Waals surface area contributed by atoms with E-state index in [-0.39, 0.29) is 11.9 Å². The highest BCUT2D eigenvalue weighted by atomic mass is 16.5. The van der Waals surface area contributed by atoms with E-state index < -0.39 is 0 Å². The van der Waals surface area contributed by atoms with E-state index in [1.165, 1.54) is 13.5 Å². The summed E-state index contributed by atoms with van der Waals surface area (Å²) in [4.78, 5) is 13.9. The summed E-state index contributed by atoms with van der Waals surface area (Å²) >= 11 is 0. The molecule has 0 radical (unpaired) electrons. The maximum atomic E-state index is 11.5. The van der Waals surface area contributed by atoms with Crippen molar-refractivity contribution in [1.82, 2.24) is 10.2 Å². The molecule has 4 heteroatoms. The molecule has 2 aliphatic heterocycles. The topological polar surface area (TPSA) is 41.6 Å². The first-order chi connectivity index (χ1) is 7.31. The van der Waals surface area contributed by atoms with Crippen LogP contribution in [0.3, 0.4) is 0 Å². The van der Waals surface area contributed by atoms with Crippen LogP contribution in [0.5, 0.6) is 0 Å². The summed E-state index contributed by atoms with van der Waals surface area (Å²) in [5, 5.41) is 3.37. The van der Waals surface area contributed by atoms with E-state index >= 15 is 0 Å². The minimum Gasteiger partial charge on any atom is -0.469 e. The number of hydrogen-bond acceptors (Lipinski definition) is 4. The van der Waals surface area contributed by atoms with Crippen molar-refractivity contribution < 1.29 is 9.53 Å². The average molecular weight is 212 g/mol. The number of rotatable bonds is 2. The van der Waals surface area contributed by atoms with Gasteiger partial charge in [0.05, 0.1) is 13.0 Å². The number of methoxy groups -OCH3 is 1. The number of likely N-dealkylation sites (tertiary alicyclic amines) is 1. The molecule has 1 N–H and O–H groups in total. The summed E-state index contributed by atoms with van der Waals surface area (Å²) in [5.41, 5.74) is 0. The van der Waals surface area contributed by atoms with Crippen molar-refractivity contribution in [3.05, 3.63) is 0 Å². The summed E-state index contributed by atoms with van der Waals surface area (Å²) in [7, 11) is 1.48. The first-order valence-electron chi connectivity index (χ1n) is 5.84. The molecule has 2 fully saturated rings. The van der Waals surface area contributed by atoms with Gasteiger partial charge in [-0.15, -0.1) is 0 Å². The zero-order valence-electron chi connectivity index (χ0n) is 9.37. The van der Waals surface area contributed by atoms with Crippen molar-refractivity contribution in [2.24, 2.45) is 5.92 Å². The van der Waals surface area contributed by atoms with Crippen molar-refractivity contribution in [2.45, 2.75) is 25.3 Å². The van der Waals surface area contributed by atoms with Gasteiger partial charge in [-0.25, -0.2) is 0 Å². The third-order valence-corrected chi connectivity index (χ3v) is 3.54. The Labute approximate surface area is 91.0 Å². The first-order valence-corrected chi connectivity index (χ1v) is 5.84. The molecule has 0 aromatic carbocycles. The van der Waals surface area contributed by atoms with Crippen LogP contribution < -0.4 is 5.32 Å². The second-order valence-corrected chi connectivity index (χ2v) is 4.50. The summed E-state index contributed by atoms with van der Waals surface area (Å²) < 4.78 is 4.82.